The number of carbonyl (C=O) groups is 1. The molecule has 0 saturated heterocycles. The molecule has 0 radical (unpaired) electrons. The zero-order valence-electron chi connectivity index (χ0n) is 13.8. The maximum atomic E-state index is 12.8. The lowest BCUT2D eigenvalue weighted by Crippen LogP contribution is -2.23. The van der Waals surface area contributed by atoms with Crippen LogP contribution in [0.1, 0.15) is 15.9 Å². The number of pyridine rings is 1. The van der Waals surface area contributed by atoms with E-state index in [1.807, 2.05) is 48.5 Å². The molecular formula is C20H15ClN4O. The molecule has 1 amide bonds. The van der Waals surface area contributed by atoms with Crippen molar-refractivity contribution >= 4 is 28.4 Å². The first-order valence-corrected chi connectivity index (χ1v) is 8.49. The molecule has 128 valence electrons. The van der Waals surface area contributed by atoms with Crippen LogP contribution in [0, 0.1) is 0 Å². The predicted molar refractivity (Wildman–Crippen MR) is 101 cm³/mol. The highest BCUT2D eigenvalue weighted by Crippen LogP contribution is 2.20. The average molecular weight is 363 g/mol. The number of hydrogen-bond donors (Lipinski definition) is 1. The number of carbonyl (C=O) groups excluding carboxylic acids is 1. The van der Waals surface area contributed by atoms with Gasteiger partial charge in [-0.15, -0.1) is 0 Å². The first-order chi connectivity index (χ1) is 12.7. The van der Waals surface area contributed by atoms with Crippen molar-refractivity contribution in [2.24, 2.45) is 0 Å². The molecule has 2 aromatic heterocycles. The first-order valence-electron chi connectivity index (χ1n) is 8.11. The van der Waals surface area contributed by atoms with Crippen LogP contribution in [0.15, 0.2) is 73.3 Å². The van der Waals surface area contributed by atoms with Gasteiger partial charge in [-0.25, -0.2) is 9.97 Å². The second kappa shape index (κ2) is 6.98. The molecule has 5 nitrogen and oxygen atoms in total. The number of hydrogen-bond acceptors (Lipinski definition) is 3. The van der Waals surface area contributed by atoms with E-state index in [0.717, 1.165) is 16.5 Å². The molecule has 0 aliphatic carbocycles. The summed E-state index contributed by atoms with van der Waals surface area (Å²) >= 11 is 5.90. The molecule has 0 aliphatic rings. The van der Waals surface area contributed by atoms with Crippen LogP contribution in [0.2, 0.25) is 5.02 Å². The lowest BCUT2D eigenvalue weighted by Gasteiger charge is -2.11. The maximum absolute atomic E-state index is 12.8. The number of para-hydroxylation sites is 1. The van der Waals surface area contributed by atoms with Crippen LogP contribution in [0.5, 0.6) is 0 Å². The summed E-state index contributed by atoms with van der Waals surface area (Å²) in [5, 5.41) is 4.45. The molecule has 4 aromatic rings. The molecule has 26 heavy (non-hydrogen) atoms. The van der Waals surface area contributed by atoms with Crippen LogP contribution >= 0.6 is 11.6 Å². The third kappa shape index (κ3) is 3.30. The Balaban J connectivity index is 1.67. The Hall–Kier alpha value is -3.18. The van der Waals surface area contributed by atoms with Crippen LogP contribution in [0.25, 0.3) is 16.7 Å². The predicted octanol–water partition coefficient (Wildman–Crippen LogP) is 4.00. The van der Waals surface area contributed by atoms with Gasteiger partial charge in [0.25, 0.3) is 5.91 Å². The van der Waals surface area contributed by atoms with Gasteiger partial charge >= 0.3 is 0 Å². The van der Waals surface area contributed by atoms with Crippen molar-refractivity contribution < 1.29 is 4.79 Å². The van der Waals surface area contributed by atoms with E-state index in [4.69, 9.17) is 11.6 Å². The number of rotatable bonds is 4. The summed E-state index contributed by atoms with van der Waals surface area (Å²) in [5.41, 5.74) is 2.32. The summed E-state index contributed by atoms with van der Waals surface area (Å²) in [7, 11) is 0. The van der Waals surface area contributed by atoms with Gasteiger partial charge in [0.1, 0.15) is 12.1 Å². The number of nitrogens with one attached hydrogen (secondary N) is 1. The average Bonchev–Trinajstić information content (AvgIpc) is 3.21. The fourth-order valence-corrected chi connectivity index (χ4v) is 2.88. The number of benzene rings is 2. The Morgan fingerprint density at radius 2 is 1.92 bits per heavy atom. The van der Waals surface area contributed by atoms with E-state index in [0.29, 0.717) is 22.9 Å². The largest absolute Gasteiger partial charge is 0.348 e. The molecule has 0 bridgehead atoms. The molecule has 0 aliphatic heterocycles. The minimum absolute atomic E-state index is 0.153. The zero-order chi connectivity index (χ0) is 17.9. The van der Waals surface area contributed by atoms with Crippen LogP contribution in [0.4, 0.5) is 0 Å². The summed E-state index contributed by atoms with van der Waals surface area (Å²) in [6, 6.07) is 16.8. The van der Waals surface area contributed by atoms with E-state index in [-0.39, 0.29) is 5.91 Å². The Morgan fingerprint density at radius 3 is 2.69 bits per heavy atom. The van der Waals surface area contributed by atoms with Crippen molar-refractivity contribution in [2.45, 2.75) is 6.54 Å². The van der Waals surface area contributed by atoms with E-state index in [1.165, 1.54) is 0 Å². The molecule has 0 saturated carbocycles. The summed E-state index contributed by atoms with van der Waals surface area (Å²) in [5.74, 6) is 0.498. The zero-order valence-corrected chi connectivity index (χ0v) is 14.5. The highest BCUT2D eigenvalue weighted by atomic mass is 35.5. The summed E-state index contributed by atoms with van der Waals surface area (Å²) < 4.78 is 1.78. The number of fused-ring (bicyclic) bond motifs is 1. The van der Waals surface area contributed by atoms with Crippen molar-refractivity contribution in [3.63, 3.8) is 0 Å². The third-order valence-corrected chi connectivity index (χ3v) is 4.33. The minimum Gasteiger partial charge on any atom is -0.348 e. The Kier molecular flexibility index (Phi) is 4.37. The van der Waals surface area contributed by atoms with E-state index in [1.54, 1.807) is 29.4 Å². The smallest absolute Gasteiger partial charge is 0.252 e. The summed E-state index contributed by atoms with van der Waals surface area (Å²) in [4.78, 5) is 21.5. The standard InChI is InChI=1S/C20H15ClN4O/c21-15-7-5-14(6-8-15)12-23-20(26)17-11-19(25-10-9-22-13-25)24-18-4-2-1-3-16(17)18/h1-11,13H,12H2,(H,23,26). The number of halogens is 1. The molecule has 2 aromatic carbocycles. The summed E-state index contributed by atoms with van der Waals surface area (Å²) in [6.07, 6.45) is 5.14. The topological polar surface area (TPSA) is 59.8 Å². The van der Waals surface area contributed by atoms with Crippen LogP contribution in [0.3, 0.4) is 0 Å². The first kappa shape index (κ1) is 16.3. The molecule has 4 rings (SSSR count). The van der Waals surface area contributed by atoms with Crippen molar-refractivity contribution in [1.82, 2.24) is 19.9 Å². The summed E-state index contributed by atoms with van der Waals surface area (Å²) in [6.45, 7) is 0.424. The van der Waals surface area contributed by atoms with Crippen molar-refractivity contribution in [3.05, 3.63) is 89.5 Å². The molecule has 0 atom stereocenters. The van der Waals surface area contributed by atoms with Gasteiger partial charge in [-0.1, -0.05) is 41.9 Å². The van der Waals surface area contributed by atoms with Crippen LogP contribution in [-0.2, 0) is 6.54 Å². The van der Waals surface area contributed by atoms with E-state index < -0.39 is 0 Å². The van der Waals surface area contributed by atoms with Gasteiger partial charge in [0.2, 0.25) is 0 Å². The van der Waals surface area contributed by atoms with Crippen molar-refractivity contribution in [2.75, 3.05) is 0 Å². The molecule has 6 heteroatoms. The number of aromatic nitrogens is 3. The molecule has 0 unspecified atom stereocenters. The van der Waals surface area contributed by atoms with E-state index in [9.17, 15) is 4.79 Å². The maximum Gasteiger partial charge on any atom is 0.252 e. The van der Waals surface area contributed by atoms with Gasteiger partial charge < -0.3 is 5.32 Å². The van der Waals surface area contributed by atoms with Gasteiger partial charge in [0.05, 0.1) is 11.1 Å². The van der Waals surface area contributed by atoms with Gasteiger partial charge in [-0.05, 0) is 29.8 Å². The Morgan fingerprint density at radius 1 is 1.12 bits per heavy atom. The quantitative estimate of drug-likeness (QED) is 0.596. The van der Waals surface area contributed by atoms with Gasteiger partial charge in [-0.2, -0.15) is 0 Å². The van der Waals surface area contributed by atoms with Gasteiger partial charge in [-0.3, -0.25) is 9.36 Å². The highest BCUT2D eigenvalue weighted by Gasteiger charge is 2.13. The molecule has 0 fully saturated rings. The molecule has 0 spiro atoms. The van der Waals surface area contributed by atoms with Crippen LogP contribution in [-0.4, -0.2) is 20.4 Å². The fraction of sp³-hybridized carbons (Fsp3) is 0.0500. The monoisotopic (exact) mass is 362 g/mol. The van der Waals surface area contributed by atoms with Gasteiger partial charge in [0.15, 0.2) is 0 Å². The Labute approximate surface area is 155 Å². The molecular weight excluding hydrogens is 348 g/mol. The Bertz CT molecular complexity index is 1060. The highest BCUT2D eigenvalue weighted by molar-refractivity contribution is 6.30. The molecule has 1 N–H and O–H groups in total. The van der Waals surface area contributed by atoms with E-state index in [2.05, 4.69) is 15.3 Å². The fourth-order valence-electron chi connectivity index (χ4n) is 2.76. The number of imidazole rings is 1. The lowest BCUT2D eigenvalue weighted by atomic mass is 10.1. The third-order valence-electron chi connectivity index (χ3n) is 4.08. The second-order valence-corrected chi connectivity index (χ2v) is 6.26. The lowest BCUT2D eigenvalue weighted by molar-refractivity contribution is 0.0952. The minimum atomic E-state index is -0.153. The SMILES string of the molecule is O=C(NCc1ccc(Cl)cc1)c1cc(-n2ccnc2)nc2ccccc12. The van der Waals surface area contributed by atoms with Crippen molar-refractivity contribution in [3.8, 4) is 5.82 Å². The number of amides is 1. The molecule has 2 heterocycles. The normalized spacial score (nSPS) is 10.8. The van der Waals surface area contributed by atoms with Gasteiger partial charge in [0, 0.05) is 29.3 Å². The van der Waals surface area contributed by atoms with Crippen molar-refractivity contribution in [1.29, 1.82) is 0 Å². The van der Waals surface area contributed by atoms with E-state index >= 15 is 0 Å². The van der Waals surface area contributed by atoms with Crippen LogP contribution < -0.4 is 5.32 Å². The second-order valence-electron chi connectivity index (χ2n) is 5.82. The number of nitrogens with zero attached hydrogens (tertiary/aromatic N) is 3.